The van der Waals surface area contributed by atoms with Gasteiger partial charge in [-0.05, 0) is 65.7 Å². The zero-order valence-corrected chi connectivity index (χ0v) is 20.0. The third-order valence-electron chi connectivity index (χ3n) is 4.34. The minimum Gasteiger partial charge on any atom is -0.493 e. The minimum absolute atomic E-state index is 0.0422. The fourth-order valence-electron chi connectivity index (χ4n) is 2.73. The Morgan fingerprint density at radius 1 is 1.06 bits per heavy atom. The number of methoxy groups -OCH3 is 1. The van der Waals surface area contributed by atoms with E-state index in [0.717, 1.165) is 10.0 Å². The summed E-state index contributed by atoms with van der Waals surface area (Å²) in [7, 11) is 1.51. The van der Waals surface area contributed by atoms with E-state index in [0.29, 0.717) is 32.8 Å². The second-order valence-corrected chi connectivity index (χ2v) is 8.31. The van der Waals surface area contributed by atoms with Gasteiger partial charge in [0.15, 0.2) is 11.5 Å². The van der Waals surface area contributed by atoms with E-state index < -0.39 is 5.91 Å². The molecular weight excluding hydrogens is 515 g/mol. The molecule has 0 aliphatic heterocycles. The van der Waals surface area contributed by atoms with Crippen molar-refractivity contribution in [3.63, 3.8) is 0 Å². The third-order valence-corrected chi connectivity index (χ3v) is 5.61. The van der Waals surface area contributed by atoms with Crippen molar-refractivity contribution in [2.24, 2.45) is 0 Å². The maximum absolute atomic E-state index is 12.5. The Bertz CT molecular complexity index is 1200. The number of benzene rings is 3. The molecule has 0 atom stereocenters. The van der Waals surface area contributed by atoms with Crippen molar-refractivity contribution >= 4 is 56.8 Å². The summed E-state index contributed by atoms with van der Waals surface area (Å²) in [6.45, 7) is 0.265. The highest BCUT2D eigenvalue weighted by Gasteiger charge is 2.12. The topological polar surface area (TPSA) is 71.3 Å². The number of carbonyl (C=O) groups excluding carboxylic acids is 1. The van der Waals surface area contributed by atoms with E-state index in [4.69, 9.17) is 32.7 Å². The number of hydrogen-bond acceptors (Lipinski definition) is 4. The predicted octanol–water partition coefficient (Wildman–Crippen LogP) is 6.89. The first-order valence-corrected chi connectivity index (χ1v) is 10.9. The molecule has 0 aliphatic rings. The summed E-state index contributed by atoms with van der Waals surface area (Å²) in [5.41, 5.74) is 2.01. The number of nitrogens with zero attached hydrogens (tertiary/aromatic N) is 1. The first-order chi connectivity index (χ1) is 15.4. The number of anilines is 1. The molecule has 1 amide bonds. The molecule has 3 aromatic carbocycles. The molecule has 0 aliphatic carbocycles. The van der Waals surface area contributed by atoms with Gasteiger partial charge in [0, 0.05) is 10.2 Å². The lowest BCUT2D eigenvalue weighted by atomic mass is 10.1. The summed E-state index contributed by atoms with van der Waals surface area (Å²) in [5, 5.41) is 13.1. The van der Waals surface area contributed by atoms with Crippen molar-refractivity contribution in [2.75, 3.05) is 12.4 Å². The second-order valence-electron chi connectivity index (χ2n) is 6.58. The fraction of sp³-hybridized carbons (Fsp3) is 0.0833. The van der Waals surface area contributed by atoms with E-state index in [9.17, 15) is 10.1 Å². The molecule has 3 aromatic rings. The van der Waals surface area contributed by atoms with Crippen LogP contribution in [0.25, 0.3) is 6.08 Å². The molecular formula is C24H17BrCl2N2O3. The standard InChI is InChI=1S/C24H17BrCl2N2O3/c1-31-23-12-15(3-9-22(23)32-14-16-2-8-20(26)21(27)11-16)10-17(13-28)24(30)29-19-6-4-18(25)5-7-19/h2-12H,14H2,1H3,(H,29,30)/b17-10-. The van der Waals surface area contributed by atoms with Crippen LogP contribution in [0, 0.1) is 11.3 Å². The number of nitrogens with one attached hydrogen (secondary N) is 1. The quantitative estimate of drug-likeness (QED) is 0.266. The van der Waals surface area contributed by atoms with Crippen molar-refractivity contribution in [1.29, 1.82) is 5.26 Å². The lowest BCUT2D eigenvalue weighted by molar-refractivity contribution is -0.112. The lowest BCUT2D eigenvalue weighted by Gasteiger charge is -2.12. The van der Waals surface area contributed by atoms with Gasteiger partial charge in [-0.25, -0.2) is 0 Å². The normalized spacial score (nSPS) is 10.9. The summed E-state index contributed by atoms with van der Waals surface area (Å²) in [6, 6.07) is 19.4. The molecule has 0 bridgehead atoms. The van der Waals surface area contributed by atoms with Crippen molar-refractivity contribution < 1.29 is 14.3 Å². The van der Waals surface area contributed by atoms with Crippen molar-refractivity contribution in [3.05, 3.63) is 91.9 Å². The van der Waals surface area contributed by atoms with Crippen LogP contribution >= 0.6 is 39.1 Å². The van der Waals surface area contributed by atoms with Crippen molar-refractivity contribution in [2.45, 2.75) is 6.61 Å². The zero-order valence-electron chi connectivity index (χ0n) is 16.9. The summed E-state index contributed by atoms with van der Waals surface area (Å²) in [5.74, 6) is 0.465. The van der Waals surface area contributed by atoms with Gasteiger partial charge in [-0.3, -0.25) is 4.79 Å². The molecule has 0 radical (unpaired) electrons. The van der Waals surface area contributed by atoms with Crippen LogP contribution in [0.4, 0.5) is 5.69 Å². The van der Waals surface area contributed by atoms with Crippen molar-refractivity contribution in [3.8, 4) is 17.6 Å². The number of amides is 1. The van der Waals surface area contributed by atoms with E-state index >= 15 is 0 Å². The Balaban J connectivity index is 1.74. The molecule has 0 spiro atoms. The summed E-state index contributed by atoms with van der Waals surface area (Å²) >= 11 is 15.3. The average Bonchev–Trinajstić information content (AvgIpc) is 2.80. The van der Waals surface area contributed by atoms with E-state index in [1.165, 1.54) is 13.2 Å². The number of rotatable bonds is 7. The molecule has 162 valence electrons. The second kappa shape index (κ2) is 11.1. The predicted molar refractivity (Wildman–Crippen MR) is 130 cm³/mol. The Morgan fingerprint density at radius 3 is 2.47 bits per heavy atom. The summed E-state index contributed by atoms with van der Waals surface area (Å²) in [4.78, 5) is 12.5. The fourth-order valence-corrected chi connectivity index (χ4v) is 3.32. The average molecular weight is 532 g/mol. The van der Waals surface area contributed by atoms with E-state index in [1.807, 2.05) is 12.1 Å². The SMILES string of the molecule is COc1cc(/C=C(/C#N)C(=O)Nc2ccc(Br)cc2)ccc1OCc1ccc(Cl)c(Cl)c1. The van der Waals surface area contributed by atoms with Gasteiger partial charge in [0.2, 0.25) is 0 Å². The Labute approximate surface area is 204 Å². The van der Waals surface area contributed by atoms with Crippen LogP contribution in [-0.2, 0) is 11.4 Å². The van der Waals surface area contributed by atoms with Crippen LogP contribution in [0.5, 0.6) is 11.5 Å². The van der Waals surface area contributed by atoms with Crippen LogP contribution in [0.3, 0.4) is 0 Å². The number of hydrogen-bond donors (Lipinski definition) is 1. The largest absolute Gasteiger partial charge is 0.493 e. The molecule has 0 fully saturated rings. The van der Waals surface area contributed by atoms with E-state index in [2.05, 4.69) is 21.2 Å². The Kier molecular flexibility index (Phi) is 8.18. The van der Waals surface area contributed by atoms with Crippen molar-refractivity contribution in [1.82, 2.24) is 0 Å². The number of carbonyl (C=O) groups is 1. The Morgan fingerprint density at radius 2 is 1.81 bits per heavy atom. The van der Waals surface area contributed by atoms with Gasteiger partial charge in [-0.15, -0.1) is 0 Å². The maximum Gasteiger partial charge on any atom is 0.266 e. The van der Waals surface area contributed by atoms with Gasteiger partial charge in [0.1, 0.15) is 18.2 Å². The number of halogens is 3. The molecule has 0 saturated heterocycles. The first-order valence-electron chi connectivity index (χ1n) is 9.33. The molecule has 3 rings (SSSR count). The van der Waals surface area contributed by atoms with Crippen LogP contribution in [0.2, 0.25) is 10.0 Å². The Hall–Kier alpha value is -2.98. The highest BCUT2D eigenvalue weighted by molar-refractivity contribution is 9.10. The van der Waals surface area contributed by atoms with Gasteiger partial charge in [0.25, 0.3) is 5.91 Å². The molecule has 5 nitrogen and oxygen atoms in total. The third kappa shape index (κ3) is 6.27. The van der Waals surface area contributed by atoms with E-state index in [1.54, 1.807) is 54.6 Å². The van der Waals surface area contributed by atoms with Gasteiger partial charge < -0.3 is 14.8 Å². The van der Waals surface area contributed by atoms with Gasteiger partial charge >= 0.3 is 0 Å². The van der Waals surface area contributed by atoms with Crippen LogP contribution in [0.15, 0.2) is 70.7 Å². The van der Waals surface area contributed by atoms with Gasteiger partial charge in [0.05, 0.1) is 17.2 Å². The highest BCUT2D eigenvalue weighted by atomic mass is 79.9. The monoisotopic (exact) mass is 530 g/mol. The van der Waals surface area contributed by atoms with E-state index in [-0.39, 0.29) is 12.2 Å². The van der Waals surface area contributed by atoms with Crippen LogP contribution in [0.1, 0.15) is 11.1 Å². The minimum atomic E-state index is -0.506. The lowest BCUT2D eigenvalue weighted by Crippen LogP contribution is -2.13. The molecule has 0 aromatic heterocycles. The molecule has 0 saturated carbocycles. The van der Waals surface area contributed by atoms with Crippen LogP contribution < -0.4 is 14.8 Å². The van der Waals surface area contributed by atoms with Gasteiger partial charge in [-0.2, -0.15) is 5.26 Å². The van der Waals surface area contributed by atoms with Gasteiger partial charge in [-0.1, -0.05) is 51.3 Å². The molecule has 8 heteroatoms. The number of nitriles is 1. The molecule has 1 N–H and O–H groups in total. The summed E-state index contributed by atoms with van der Waals surface area (Å²) in [6.07, 6.45) is 1.49. The molecule has 0 unspecified atom stereocenters. The molecule has 0 heterocycles. The summed E-state index contributed by atoms with van der Waals surface area (Å²) < 4.78 is 12.1. The molecule has 32 heavy (non-hydrogen) atoms. The highest BCUT2D eigenvalue weighted by Crippen LogP contribution is 2.30. The first kappa shape index (κ1) is 23.7. The van der Waals surface area contributed by atoms with Crippen LogP contribution in [-0.4, -0.2) is 13.0 Å². The maximum atomic E-state index is 12.5. The smallest absolute Gasteiger partial charge is 0.266 e. The zero-order chi connectivity index (χ0) is 23.1. The number of ether oxygens (including phenoxy) is 2.